The van der Waals surface area contributed by atoms with Gasteiger partial charge in [-0.05, 0) is 72.7 Å². The lowest BCUT2D eigenvalue weighted by Crippen LogP contribution is -2.51. The summed E-state index contributed by atoms with van der Waals surface area (Å²) in [5.74, 6) is -0.285. The molecule has 0 aliphatic heterocycles. The highest BCUT2D eigenvalue weighted by Gasteiger charge is 2.31. The molecule has 0 radical (unpaired) electrons. The molecule has 0 spiro atoms. The van der Waals surface area contributed by atoms with Crippen molar-refractivity contribution in [2.75, 3.05) is 23.7 Å². The Kier molecular flexibility index (Phi) is 12.5. The summed E-state index contributed by atoms with van der Waals surface area (Å²) in [5.41, 5.74) is 4.24. The molecule has 3 rings (SSSR count). The quantitative estimate of drug-likeness (QED) is 0.215. The molecule has 0 fully saturated rings. The first kappa shape index (κ1) is 34.4. The fourth-order valence-electron chi connectivity index (χ4n) is 4.70. The first-order valence-electron chi connectivity index (χ1n) is 14.4. The van der Waals surface area contributed by atoms with Crippen molar-refractivity contribution < 1.29 is 18.0 Å². The van der Waals surface area contributed by atoms with Crippen molar-refractivity contribution in [2.24, 2.45) is 5.92 Å². The fraction of sp³-hybridized carbons (Fsp3) is 0.394. The maximum absolute atomic E-state index is 14.0. The van der Waals surface area contributed by atoms with Gasteiger partial charge in [-0.2, -0.15) is 0 Å². The minimum absolute atomic E-state index is 0.0426. The highest BCUT2D eigenvalue weighted by atomic mass is 35.5. The molecule has 1 N–H and O–H groups in total. The van der Waals surface area contributed by atoms with Gasteiger partial charge in [0.2, 0.25) is 21.8 Å². The number of hydrogen-bond donors (Lipinski definition) is 1. The zero-order valence-corrected chi connectivity index (χ0v) is 27.8. The van der Waals surface area contributed by atoms with Gasteiger partial charge in [0.15, 0.2) is 0 Å². The minimum Gasteiger partial charge on any atom is -0.354 e. The number of carbonyl (C=O) groups is 2. The number of anilines is 1. The van der Waals surface area contributed by atoms with Gasteiger partial charge in [0.25, 0.3) is 0 Å². The maximum atomic E-state index is 14.0. The van der Waals surface area contributed by atoms with Gasteiger partial charge in [-0.3, -0.25) is 13.9 Å². The second-order valence-electron chi connectivity index (χ2n) is 11.3. The number of nitrogens with zero attached hydrogens (tertiary/aromatic N) is 2. The number of rotatable bonds is 14. The first-order chi connectivity index (χ1) is 20.3. The van der Waals surface area contributed by atoms with E-state index in [0.717, 1.165) is 28.5 Å². The molecule has 3 aromatic carbocycles. The van der Waals surface area contributed by atoms with Crippen LogP contribution in [0, 0.1) is 19.8 Å². The van der Waals surface area contributed by atoms with E-state index >= 15 is 0 Å². The molecule has 3 aromatic rings. The van der Waals surface area contributed by atoms with Crippen LogP contribution < -0.4 is 9.62 Å². The topological polar surface area (TPSA) is 86.8 Å². The minimum atomic E-state index is -3.59. The summed E-state index contributed by atoms with van der Waals surface area (Å²) in [6, 6.07) is 19.4. The number of hydrogen-bond acceptors (Lipinski definition) is 4. The number of aryl methyl sites for hydroxylation is 2. The zero-order valence-electron chi connectivity index (χ0n) is 25.4. The fourth-order valence-corrected chi connectivity index (χ4v) is 5.97. The van der Waals surface area contributed by atoms with Gasteiger partial charge in [0, 0.05) is 32.5 Å². The van der Waals surface area contributed by atoms with Gasteiger partial charge in [-0.25, -0.2) is 8.42 Å². The monoisotopic (exact) mass is 645 g/mol. The Morgan fingerprint density at radius 3 is 2.19 bits per heavy atom. The molecule has 0 aliphatic carbocycles. The van der Waals surface area contributed by atoms with Crippen LogP contribution in [0.15, 0.2) is 66.7 Å². The van der Waals surface area contributed by atoms with Gasteiger partial charge in [0.1, 0.15) is 6.04 Å². The molecule has 232 valence electrons. The third-order valence-corrected chi connectivity index (χ3v) is 9.16. The number of benzene rings is 3. The van der Waals surface area contributed by atoms with Crippen LogP contribution >= 0.6 is 23.2 Å². The summed E-state index contributed by atoms with van der Waals surface area (Å²) in [4.78, 5) is 29.2. The van der Waals surface area contributed by atoms with E-state index in [0.29, 0.717) is 28.7 Å². The summed E-state index contributed by atoms with van der Waals surface area (Å²) in [6.45, 7) is 8.64. The normalized spacial score (nSPS) is 12.2. The standard InChI is InChI=1S/C33H41Cl2N3O4S/c1-23(2)21-36-33(40)31(20-26-10-7-6-8-11-26)37(22-27-14-16-29(34)30(35)19-27)32(39)12-9-17-38(43(5,41)42)28-15-13-24(3)25(4)18-28/h6-8,10-11,13-16,18-19,23,31H,9,12,17,20-22H2,1-5H3,(H,36,40)/t31-/m0/s1. The first-order valence-corrected chi connectivity index (χ1v) is 17.0. The largest absolute Gasteiger partial charge is 0.354 e. The van der Waals surface area contributed by atoms with Crippen LogP contribution in [-0.2, 0) is 32.6 Å². The highest BCUT2D eigenvalue weighted by molar-refractivity contribution is 7.92. The molecule has 7 nitrogen and oxygen atoms in total. The molecule has 0 aromatic heterocycles. The van der Waals surface area contributed by atoms with Gasteiger partial charge in [-0.1, -0.05) is 79.5 Å². The molecule has 0 saturated heterocycles. The predicted octanol–water partition coefficient (Wildman–Crippen LogP) is 6.57. The SMILES string of the molecule is Cc1ccc(N(CCCC(=O)N(Cc2ccc(Cl)c(Cl)c2)[C@@H](Cc2ccccc2)C(=O)NCC(C)C)S(C)(=O)=O)cc1C. The van der Waals surface area contributed by atoms with Gasteiger partial charge in [0.05, 0.1) is 22.0 Å². The molecule has 0 bridgehead atoms. The molecule has 1 atom stereocenters. The van der Waals surface area contributed by atoms with E-state index in [9.17, 15) is 18.0 Å². The number of nitrogens with one attached hydrogen (secondary N) is 1. The Labute approximate surface area is 266 Å². The molecule has 10 heteroatoms. The molecule has 0 unspecified atom stereocenters. The maximum Gasteiger partial charge on any atom is 0.243 e. The third kappa shape index (κ3) is 10.3. The number of carbonyl (C=O) groups excluding carboxylic acids is 2. The molecule has 0 aliphatic rings. The molecule has 0 heterocycles. The average molecular weight is 647 g/mol. The second-order valence-corrected chi connectivity index (χ2v) is 14.0. The Morgan fingerprint density at radius 1 is 0.884 bits per heavy atom. The third-order valence-electron chi connectivity index (χ3n) is 7.22. The lowest BCUT2D eigenvalue weighted by Gasteiger charge is -2.32. The van der Waals surface area contributed by atoms with Gasteiger partial charge in [-0.15, -0.1) is 0 Å². The van der Waals surface area contributed by atoms with E-state index in [-0.39, 0.29) is 43.7 Å². The van der Waals surface area contributed by atoms with Crippen molar-refractivity contribution in [1.29, 1.82) is 0 Å². The predicted molar refractivity (Wildman–Crippen MR) is 176 cm³/mol. The molecule has 43 heavy (non-hydrogen) atoms. The van der Waals surface area contributed by atoms with E-state index in [1.165, 1.54) is 4.31 Å². The zero-order chi connectivity index (χ0) is 31.7. The average Bonchev–Trinajstić information content (AvgIpc) is 2.95. The summed E-state index contributed by atoms with van der Waals surface area (Å²) in [5, 5.41) is 3.75. The van der Waals surface area contributed by atoms with Gasteiger partial charge < -0.3 is 10.2 Å². The Bertz CT molecular complexity index is 1510. The Morgan fingerprint density at radius 2 is 1.58 bits per heavy atom. The van der Waals surface area contributed by atoms with Crippen molar-refractivity contribution in [3.63, 3.8) is 0 Å². The van der Waals surface area contributed by atoms with E-state index < -0.39 is 16.1 Å². The Balaban J connectivity index is 1.91. The number of halogens is 2. The van der Waals surface area contributed by atoms with Crippen LogP contribution in [0.2, 0.25) is 10.0 Å². The smallest absolute Gasteiger partial charge is 0.243 e. The van der Waals surface area contributed by atoms with Crippen LogP contribution in [0.3, 0.4) is 0 Å². The lowest BCUT2D eigenvalue weighted by atomic mass is 10.0. The van der Waals surface area contributed by atoms with E-state index in [2.05, 4.69) is 5.32 Å². The van der Waals surface area contributed by atoms with E-state index in [4.69, 9.17) is 23.2 Å². The van der Waals surface area contributed by atoms with Crippen LogP contribution in [0.25, 0.3) is 0 Å². The van der Waals surface area contributed by atoms with Crippen molar-refractivity contribution in [3.05, 3.63) is 99.0 Å². The van der Waals surface area contributed by atoms with Crippen molar-refractivity contribution >= 4 is 50.7 Å². The lowest BCUT2D eigenvalue weighted by molar-refractivity contribution is -0.141. The van der Waals surface area contributed by atoms with Crippen LogP contribution in [0.4, 0.5) is 5.69 Å². The van der Waals surface area contributed by atoms with E-state index in [1.807, 2.05) is 70.2 Å². The van der Waals surface area contributed by atoms with Crippen molar-refractivity contribution in [2.45, 2.75) is 59.5 Å². The molecule has 2 amide bonds. The Hall–Kier alpha value is -3.07. The molecular weight excluding hydrogens is 605 g/mol. The molecular formula is C33H41Cl2N3O4S. The number of amides is 2. The van der Waals surface area contributed by atoms with Crippen molar-refractivity contribution in [3.8, 4) is 0 Å². The summed E-state index contributed by atoms with van der Waals surface area (Å²) in [7, 11) is -3.59. The summed E-state index contributed by atoms with van der Waals surface area (Å²) < 4.78 is 26.8. The van der Waals surface area contributed by atoms with Crippen LogP contribution in [-0.4, -0.2) is 50.5 Å². The summed E-state index contributed by atoms with van der Waals surface area (Å²) >= 11 is 12.4. The van der Waals surface area contributed by atoms with E-state index in [1.54, 1.807) is 29.2 Å². The van der Waals surface area contributed by atoms with Crippen LogP contribution in [0.5, 0.6) is 0 Å². The second kappa shape index (κ2) is 15.6. The summed E-state index contributed by atoms with van der Waals surface area (Å²) in [6.07, 6.45) is 1.79. The highest BCUT2D eigenvalue weighted by Crippen LogP contribution is 2.26. The van der Waals surface area contributed by atoms with Crippen molar-refractivity contribution in [1.82, 2.24) is 10.2 Å². The molecule has 0 saturated carbocycles. The van der Waals surface area contributed by atoms with Gasteiger partial charge >= 0.3 is 0 Å². The van der Waals surface area contributed by atoms with Crippen LogP contribution in [0.1, 0.15) is 48.9 Å². The number of sulfonamides is 1.